The zero-order valence-corrected chi connectivity index (χ0v) is 10.2. The topological polar surface area (TPSA) is 54.2 Å². The summed E-state index contributed by atoms with van der Waals surface area (Å²) in [5, 5.41) is 11.3. The molecule has 2 heterocycles. The number of nitrogens with one attached hydrogen (secondary N) is 1. The first kappa shape index (κ1) is 11.4. The molecule has 2 rings (SSSR count). The van der Waals surface area contributed by atoms with Crippen molar-refractivity contribution in [2.24, 2.45) is 5.92 Å². The fourth-order valence-corrected chi connectivity index (χ4v) is 1.99. The lowest BCUT2D eigenvalue weighted by Gasteiger charge is -2.12. The molecule has 1 aromatic rings. The summed E-state index contributed by atoms with van der Waals surface area (Å²) in [6, 6.07) is 0.791. The molecule has 1 aromatic heterocycles. The average Bonchev–Trinajstić information content (AvgIpc) is 2.95. The van der Waals surface area contributed by atoms with Gasteiger partial charge in [-0.2, -0.15) is 0 Å². The Balaban J connectivity index is 2.02. The molecule has 5 heteroatoms. The second kappa shape index (κ2) is 4.82. The molecule has 5 nitrogen and oxygen atoms in total. The van der Waals surface area contributed by atoms with E-state index in [0.717, 1.165) is 19.0 Å². The minimum atomic E-state index is 0.117. The highest BCUT2D eigenvalue weighted by molar-refractivity contribution is 5.26. The molecule has 0 saturated carbocycles. The van der Waals surface area contributed by atoms with Crippen LogP contribution in [0.2, 0.25) is 0 Å². The Morgan fingerprint density at radius 1 is 1.56 bits per heavy atom. The first-order valence-corrected chi connectivity index (χ1v) is 6.00. The molecule has 1 fully saturated rings. The Morgan fingerprint density at radius 2 is 2.38 bits per heavy atom. The van der Waals surface area contributed by atoms with Gasteiger partial charge in [-0.25, -0.2) is 0 Å². The number of anilines is 1. The number of hydrogen-bond donors (Lipinski definition) is 1. The summed E-state index contributed by atoms with van der Waals surface area (Å²) in [5.74, 6) is 1.44. The minimum Gasteiger partial charge on any atom is -0.406 e. The van der Waals surface area contributed by atoms with Crippen LogP contribution in [-0.2, 0) is 0 Å². The molecular formula is C11H20N4O. The van der Waals surface area contributed by atoms with Crippen molar-refractivity contribution in [3.8, 4) is 0 Å². The Morgan fingerprint density at radius 3 is 3.00 bits per heavy atom. The van der Waals surface area contributed by atoms with Gasteiger partial charge >= 0.3 is 6.01 Å². The lowest BCUT2D eigenvalue weighted by molar-refractivity contribution is 0.431. The van der Waals surface area contributed by atoms with Crippen molar-refractivity contribution in [3.05, 3.63) is 5.89 Å². The van der Waals surface area contributed by atoms with Crippen molar-refractivity contribution in [2.45, 2.75) is 32.7 Å². The van der Waals surface area contributed by atoms with Crippen LogP contribution in [0, 0.1) is 5.92 Å². The standard InChI is InChI=1S/C11H20N4O/c1-4-9-5-6-15(7-9)11-14-13-10(16-11)8(2)12-3/h8-9,12H,4-7H2,1-3H3. The number of aromatic nitrogens is 2. The third kappa shape index (κ3) is 2.19. The van der Waals surface area contributed by atoms with Gasteiger partial charge in [0.2, 0.25) is 5.89 Å². The molecule has 1 aliphatic rings. The highest BCUT2D eigenvalue weighted by Gasteiger charge is 2.25. The highest BCUT2D eigenvalue weighted by Crippen LogP contribution is 2.25. The smallest absolute Gasteiger partial charge is 0.318 e. The van der Waals surface area contributed by atoms with Crippen molar-refractivity contribution in [1.29, 1.82) is 0 Å². The van der Waals surface area contributed by atoms with Gasteiger partial charge in [-0.3, -0.25) is 0 Å². The van der Waals surface area contributed by atoms with Crippen LogP contribution < -0.4 is 10.2 Å². The first-order chi connectivity index (χ1) is 7.74. The quantitative estimate of drug-likeness (QED) is 0.841. The SMILES string of the molecule is CCC1CCN(c2nnc(C(C)NC)o2)C1. The fourth-order valence-electron chi connectivity index (χ4n) is 1.99. The third-order valence-electron chi connectivity index (χ3n) is 3.37. The van der Waals surface area contributed by atoms with E-state index in [4.69, 9.17) is 4.42 Å². The van der Waals surface area contributed by atoms with Gasteiger partial charge in [0, 0.05) is 13.1 Å². The first-order valence-electron chi connectivity index (χ1n) is 6.00. The van der Waals surface area contributed by atoms with Crippen LogP contribution >= 0.6 is 0 Å². The molecule has 2 atom stereocenters. The summed E-state index contributed by atoms with van der Waals surface area (Å²) in [6.45, 7) is 6.33. The summed E-state index contributed by atoms with van der Waals surface area (Å²) in [6.07, 6.45) is 2.46. The predicted molar refractivity (Wildman–Crippen MR) is 62.4 cm³/mol. The predicted octanol–water partition coefficient (Wildman–Crippen LogP) is 1.59. The average molecular weight is 224 g/mol. The van der Waals surface area contributed by atoms with Gasteiger partial charge in [0.25, 0.3) is 0 Å². The lowest BCUT2D eigenvalue weighted by Crippen LogP contribution is -2.19. The maximum Gasteiger partial charge on any atom is 0.318 e. The molecule has 0 aromatic carbocycles. The van der Waals surface area contributed by atoms with Gasteiger partial charge in [0.15, 0.2) is 0 Å². The number of nitrogens with zero attached hydrogens (tertiary/aromatic N) is 3. The van der Waals surface area contributed by atoms with Crippen molar-refractivity contribution >= 4 is 6.01 Å². The van der Waals surface area contributed by atoms with E-state index < -0.39 is 0 Å². The second-order valence-electron chi connectivity index (χ2n) is 4.44. The van der Waals surface area contributed by atoms with E-state index in [2.05, 4.69) is 27.3 Å². The van der Waals surface area contributed by atoms with Crippen LogP contribution in [0.15, 0.2) is 4.42 Å². The van der Waals surface area contributed by atoms with E-state index >= 15 is 0 Å². The summed E-state index contributed by atoms with van der Waals surface area (Å²) < 4.78 is 5.65. The molecular weight excluding hydrogens is 204 g/mol. The van der Waals surface area contributed by atoms with Crippen molar-refractivity contribution in [2.75, 3.05) is 25.0 Å². The summed E-state index contributed by atoms with van der Waals surface area (Å²) in [4.78, 5) is 2.19. The third-order valence-corrected chi connectivity index (χ3v) is 3.37. The molecule has 0 amide bonds. The summed E-state index contributed by atoms with van der Waals surface area (Å²) in [7, 11) is 1.89. The Labute approximate surface area is 96.2 Å². The normalized spacial score (nSPS) is 22.7. The van der Waals surface area contributed by atoms with Gasteiger partial charge in [0.05, 0.1) is 6.04 Å². The van der Waals surface area contributed by atoms with Crippen LogP contribution in [0.25, 0.3) is 0 Å². The van der Waals surface area contributed by atoms with Gasteiger partial charge in [0.1, 0.15) is 0 Å². The highest BCUT2D eigenvalue weighted by atomic mass is 16.4. The van der Waals surface area contributed by atoms with E-state index in [0.29, 0.717) is 11.9 Å². The van der Waals surface area contributed by atoms with Crippen molar-refractivity contribution < 1.29 is 4.42 Å². The van der Waals surface area contributed by atoms with Gasteiger partial charge in [-0.15, -0.1) is 5.10 Å². The molecule has 1 N–H and O–H groups in total. The maximum atomic E-state index is 5.65. The van der Waals surface area contributed by atoms with E-state index in [-0.39, 0.29) is 6.04 Å². The summed E-state index contributed by atoms with van der Waals surface area (Å²) in [5.41, 5.74) is 0. The largest absolute Gasteiger partial charge is 0.406 e. The van der Waals surface area contributed by atoms with Crippen LogP contribution in [0.3, 0.4) is 0 Å². The number of hydrogen-bond acceptors (Lipinski definition) is 5. The molecule has 1 aliphatic heterocycles. The van der Waals surface area contributed by atoms with Crippen LogP contribution in [0.4, 0.5) is 6.01 Å². The molecule has 0 bridgehead atoms. The van der Waals surface area contributed by atoms with Gasteiger partial charge in [-0.1, -0.05) is 18.4 Å². The molecule has 1 saturated heterocycles. The van der Waals surface area contributed by atoms with Crippen molar-refractivity contribution in [1.82, 2.24) is 15.5 Å². The number of rotatable bonds is 4. The maximum absolute atomic E-state index is 5.65. The zero-order valence-electron chi connectivity index (χ0n) is 10.2. The van der Waals surface area contributed by atoms with E-state index in [1.165, 1.54) is 12.8 Å². The zero-order chi connectivity index (χ0) is 11.5. The van der Waals surface area contributed by atoms with E-state index in [1.54, 1.807) is 0 Å². The molecule has 16 heavy (non-hydrogen) atoms. The van der Waals surface area contributed by atoms with Crippen molar-refractivity contribution in [3.63, 3.8) is 0 Å². The van der Waals surface area contributed by atoms with E-state index in [9.17, 15) is 0 Å². The Bertz CT molecular complexity index is 338. The molecule has 0 spiro atoms. The monoisotopic (exact) mass is 224 g/mol. The van der Waals surface area contributed by atoms with Gasteiger partial charge in [-0.05, 0) is 26.3 Å². The van der Waals surface area contributed by atoms with Crippen LogP contribution in [-0.4, -0.2) is 30.3 Å². The molecule has 90 valence electrons. The second-order valence-corrected chi connectivity index (χ2v) is 4.44. The molecule has 2 unspecified atom stereocenters. The van der Waals surface area contributed by atoms with E-state index in [1.807, 2.05) is 14.0 Å². The van der Waals surface area contributed by atoms with Crippen LogP contribution in [0.5, 0.6) is 0 Å². The Kier molecular flexibility index (Phi) is 3.43. The minimum absolute atomic E-state index is 0.117. The van der Waals surface area contributed by atoms with Gasteiger partial charge < -0.3 is 14.6 Å². The molecule has 0 aliphatic carbocycles. The summed E-state index contributed by atoms with van der Waals surface area (Å²) >= 11 is 0. The Hall–Kier alpha value is -1.10. The van der Waals surface area contributed by atoms with Crippen LogP contribution in [0.1, 0.15) is 38.6 Å². The molecule has 0 radical (unpaired) electrons. The lowest BCUT2D eigenvalue weighted by atomic mass is 10.1. The fraction of sp³-hybridized carbons (Fsp3) is 0.818.